The van der Waals surface area contributed by atoms with Crippen LogP contribution in [-0.4, -0.2) is 128 Å². The average molecular weight is 627 g/mol. The first-order chi connectivity index (χ1) is 21.0. The normalized spacial score (nSPS) is 30.1. The van der Waals surface area contributed by atoms with E-state index in [1.165, 1.54) is 44.1 Å². The number of aliphatic imine (C=N–C) groups is 1. The van der Waals surface area contributed by atoms with Crippen LogP contribution in [0.1, 0.15) is 24.5 Å². The molecule has 4 aliphatic rings. The lowest BCUT2D eigenvalue weighted by atomic mass is 9.54. The van der Waals surface area contributed by atoms with Crippen LogP contribution >= 0.6 is 0 Å². The number of hydrogen-bond donors (Lipinski definition) is 9. The minimum atomic E-state index is -2.80. The fraction of sp³-hybridized carbons (Fsp3) is 0.483. The van der Waals surface area contributed by atoms with Crippen molar-refractivity contribution >= 4 is 35.2 Å². The van der Waals surface area contributed by atoms with Crippen molar-refractivity contribution < 1.29 is 39.9 Å². The van der Waals surface area contributed by atoms with E-state index in [2.05, 4.69) is 10.3 Å². The van der Waals surface area contributed by atoms with Crippen LogP contribution in [0.5, 0.6) is 5.75 Å². The molecule has 1 saturated carbocycles. The number of aliphatic hydroxyl groups is 4. The molecule has 45 heavy (non-hydrogen) atoms. The van der Waals surface area contributed by atoms with Crippen molar-refractivity contribution in [2.75, 3.05) is 46.9 Å². The molecule has 0 radical (unpaired) electrons. The van der Waals surface area contributed by atoms with E-state index in [9.17, 15) is 39.9 Å². The third-order valence-electron chi connectivity index (χ3n) is 9.37. The van der Waals surface area contributed by atoms with Gasteiger partial charge in [0, 0.05) is 43.6 Å². The van der Waals surface area contributed by atoms with Crippen molar-refractivity contribution in [1.29, 1.82) is 5.41 Å². The Bertz CT molecular complexity index is 1570. The van der Waals surface area contributed by atoms with Crippen molar-refractivity contribution in [3.05, 3.63) is 46.2 Å². The number of nitrogens with zero attached hydrogens (tertiary/aromatic N) is 4. The van der Waals surface area contributed by atoms with Crippen LogP contribution in [0.4, 0.5) is 0 Å². The van der Waals surface area contributed by atoms with E-state index in [1.54, 1.807) is 4.90 Å². The molecule has 1 amide bonds. The van der Waals surface area contributed by atoms with E-state index in [1.807, 2.05) is 4.90 Å². The second-order valence-electron chi connectivity index (χ2n) is 12.2. The largest absolute Gasteiger partial charge is 0.508 e. The number of nitrogens with one attached hydrogen (secondary N) is 2. The standard InChI is InChI=1S/C29H38N8O8/c1-28(44)13-5-4-6-16(38)17(13)21(39)18-14(28)11-15-20(35(2)3)22(40)19(24(42)29(15,45)23(18)41)25(43)33-12-36-7-9-37(10-8-36)27(32)34-26(30)31/h4-6,14-15,20,38-39,42,44-45H,7-12H2,1-3H3,(H,33,43)(H5,30,31,32,34)/t14-,15-,20-,28+,29-/m1/s1. The molecule has 16 heteroatoms. The summed E-state index contributed by atoms with van der Waals surface area (Å²) in [7, 11) is 3.06. The first-order valence-corrected chi connectivity index (χ1v) is 14.4. The fourth-order valence-corrected chi connectivity index (χ4v) is 7.07. The van der Waals surface area contributed by atoms with Crippen LogP contribution in [0.2, 0.25) is 0 Å². The molecule has 1 aromatic carbocycles. The van der Waals surface area contributed by atoms with Crippen LogP contribution in [0.3, 0.4) is 0 Å². The monoisotopic (exact) mass is 626 g/mol. The maximum absolute atomic E-state index is 14.2. The van der Waals surface area contributed by atoms with Gasteiger partial charge in [-0.2, -0.15) is 4.99 Å². The number of Topliss-reactive ketones (excluding diaryl/α,β-unsaturated/α-hetero) is 2. The highest BCUT2D eigenvalue weighted by Crippen LogP contribution is 2.57. The molecule has 1 saturated heterocycles. The number of nitrogens with two attached hydrogens (primary N) is 2. The molecule has 0 unspecified atom stereocenters. The summed E-state index contributed by atoms with van der Waals surface area (Å²) >= 11 is 0. The second kappa shape index (κ2) is 11.1. The van der Waals surface area contributed by atoms with Crippen molar-refractivity contribution in [2.24, 2.45) is 28.3 Å². The molecule has 16 nitrogen and oxygen atoms in total. The van der Waals surface area contributed by atoms with E-state index >= 15 is 0 Å². The number of fused-ring (bicyclic) bond motifs is 3. The summed E-state index contributed by atoms with van der Waals surface area (Å²) in [4.78, 5) is 50.1. The first-order valence-electron chi connectivity index (χ1n) is 14.4. The predicted octanol–water partition coefficient (Wildman–Crippen LogP) is -1.96. The molecule has 2 fully saturated rings. The number of piperazine rings is 1. The van der Waals surface area contributed by atoms with Gasteiger partial charge in [0.1, 0.15) is 22.8 Å². The molecule has 5 atom stereocenters. The number of benzene rings is 1. The highest BCUT2D eigenvalue weighted by molar-refractivity contribution is 6.25. The number of likely N-dealkylation sites (N-methyl/N-ethyl adjacent to an activating group) is 1. The Morgan fingerprint density at radius 1 is 1.13 bits per heavy atom. The maximum Gasteiger partial charge on any atom is 0.259 e. The van der Waals surface area contributed by atoms with Gasteiger partial charge in [0.25, 0.3) is 5.91 Å². The Balaban J connectivity index is 1.47. The van der Waals surface area contributed by atoms with Gasteiger partial charge in [0.15, 0.2) is 17.3 Å². The number of carbonyl (C=O) groups excluding carboxylic acids is 3. The molecule has 1 aromatic rings. The summed E-state index contributed by atoms with van der Waals surface area (Å²) in [6.45, 7) is 2.90. The van der Waals surface area contributed by atoms with Gasteiger partial charge in [-0.05, 0) is 39.1 Å². The minimum Gasteiger partial charge on any atom is -0.508 e. The van der Waals surface area contributed by atoms with Gasteiger partial charge >= 0.3 is 0 Å². The number of phenols is 1. The molecule has 5 rings (SSSR count). The van der Waals surface area contributed by atoms with Gasteiger partial charge in [-0.15, -0.1) is 0 Å². The predicted molar refractivity (Wildman–Crippen MR) is 161 cm³/mol. The molecule has 1 aliphatic heterocycles. The van der Waals surface area contributed by atoms with Crippen LogP contribution in [-0.2, 0) is 20.0 Å². The zero-order chi connectivity index (χ0) is 33.2. The van der Waals surface area contributed by atoms with Crippen molar-refractivity contribution in [1.82, 2.24) is 20.0 Å². The molecule has 0 aromatic heterocycles. The number of guanidine groups is 2. The minimum absolute atomic E-state index is 0.0538. The number of hydrogen-bond acceptors (Lipinski definition) is 11. The number of phenolic OH excluding ortho intramolecular Hbond substituents is 1. The molecule has 1 heterocycles. The number of aliphatic hydroxyl groups excluding tert-OH is 2. The van der Waals surface area contributed by atoms with E-state index in [4.69, 9.17) is 16.9 Å². The van der Waals surface area contributed by atoms with Gasteiger partial charge in [-0.1, -0.05) is 12.1 Å². The Morgan fingerprint density at radius 2 is 1.78 bits per heavy atom. The summed E-state index contributed by atoms with van der Waals surface area (Å²) in [5, 5.41) is 67.4. The molecular formula is C29H38N8O8. The molecule has 242 valence electrons. The third-order valence-corrected chi connectivity index (χ3v) is 9.37. The zero-order valence-electron chi connectivity index (χ0n) is 25.1. The second-order valence-corrected chi connectivity index (χ2v) is 12.2. The number of rotatable bonds is 4. The molecule has 0 spiro atoms. The number of carbonyl (C=O) groups is 3. The Hall–Kier alpha value is -4.51. The summed E-state index contributed by atoms with van der Waals surface area (Å²) in [5.41, 5.74) is 4.82. The summed E-state index contributed by atoms with van der Waals surface area (Å²) in [5.74, 6) is -7.99. The quantitative estimate of drug-likeness (QED) is 0.100. The van der Waals surface area contributed by atoms with Gasteiger partial charge in [0.05, 0.1) is 23.9 Å². The smallest absolute Gasteiger partial charge is 0.259 e. The zero-order valence-corrected chi connectivity index (χ0v) is 25.1. The summed E-state index contributed by atoms with van der Waals surface area (Å²) in [6, 6.07) is 2.99. The molecular weight excluding hydrogens is 588 g/mol. The number of amides is 1. The SMILES string of the molecule is CN(C)[C@H]1C(=O)C(C(=O)NCN2CCN(C(=N)N=C(N)N)CC2)=C(O)[C@]2(O)C(=O)C3=C(O)c4c(O)cccc4[C@](C)(O)[C@@H]3C[C@H]12. The van der Waals surface area contributed by atoms with Crippen LogP contribution in [0.25, 0.3) is 5.76 Å². The van der Waals surface area contributed by atoms with Crippen LogP contribution in [0, 0.1) is 17.2 Å². The van der Waals surface area contributed by atoms with E-state index < -0.39 is 75.0 Å². The van der Waals surface area contributed by atoms with Crippen molar-refractivity contribution in [2.45, 2.75) is 30.6 Å². The molecule has 11 N–H and O–H groups in total. The summed E-state index contributed by atoms with van der Waals surface area (Å²) < 4.78 is 0. The lowest BCUT2D eigenvalue weighted by Gasteiger charge is -2.53. The van der Waals surface area contributed by atoms with Gasteiger partial charge < -0.3 is 47.2 Å². The lowest BCUT2D eigenvalue weighted by Crippen LogP contribution is -2.67. The first kappa shape index (κ1) is 31.9. The van der Waals surface area contributed by atoms with Crippen LogP contribution in [0.15, 0.2) is 40.1 Å². The van der Waals surface area contributed by atoms with Crippen molar-refractivity contribution in [3.8, 4) is 5.75 Å². The van der Waals surface area contributed by atoms with Gasteiger partial charge in [-0.3, -0.25) is 29.6 Å². The fourth-order valence-electron chi connectivity index (χ4n) is 7.07. The van der Waals surface area contributed by atoms with Crippen LogP contribution < -0.4 is 16.8 Å². The summed E-state index contributed by atoms with van der Waals surface area (Å²) in [6.07, 6.45) is -0.226. The average Bonchev–Trinajstić information content (AvgIpc) is 2.96. The van der Waals surface area contributed by atoms with Gasteiger partial charge in [0.2, 0.25) is 11.7 Å². The molecule has 3 aliphatic carbocycles. The number of aromatic hydroxyl groups is 1. The highest BCUT2D eigenvalue weighted by Gasteiger charge is 2.66. The molecule has 0 bridgehead atoms. The lowest BCUT2D eigenvalue weighted by molar-refractivity contribution is -0.159. The Labute approximate surface area is 258 Å². The third kappa shape index (κ3) is 4.89. The number of ketones is 2. The van der Waals surface area contributed by atoms with E-state index in [-0.39, 0.29) is 36.1 Å². The van der Waals surface area contributed by atoms with Gasteiger partial charge in [-0.25, -0.2) is 0 Å². The van der Waals surface area contributed by atoms with E-state index in [0.717, 1.165) is 0 Å². The Kier molecular flexibility index (Phi) is 7.89. The Morgan fingerprint density at radius 3 is 2.38 bits per heavy atom. The highest BCUT2D eigenvalue weighted by atomic mass is 16.3. The van der Waals surface area contributed by atoms with Crippen molar-refractivity contribution in [3.63, 3.8) is 0 Å². The maximum atomic E-state index is 14.2. The van der Waals surface area contributed by atoms with E-state index in [0.29, 0.717) is 26.2 Å². The topological polar surface area (TPSA) is 262 Å².